The summed E-state index contributed by atoms with van der Waals surface area (Å²) in [4.78, 5) is 18.9. The van der Waals surface area contributed by atoms with Gasteiger partial charge in [-0.1, -0.05) is 12.1 Å². The van der Waals surface area contributed by atoms with Gasteiger partial charge in [-0.05, 0) is 32.9 Å². The van der Waals surface area contributed by atoms with E-state index in [0.29, 0.717) is 11.4 Å². The summed E-state index contributed by atoms with van der Waals surface area (Å²) in [6.07, 6.45) is 1.25. The average molecular weight is 332 g/mol. The van der Waals surface area contributed by atoms with Crippen molar-refractivity contribution in [3.8, 4) is 5.75 Å². The van der Waals surface area contributed by atoms with E-state index in [2.05, 4.69) is 26.1 Å². The van der Waals surface area contributed by atoms with Crippen LogP contribution in [-0.4, -0.2) is 27.5 Å². The summed E-state index contributed by atoms with van der Waals surface area (Å²) in [5.41, 5.74) is 5.73. The molecule has 0 radical (unpaired) electrons. The second kappa shape index (κ2) is 7.09. The number of rotatable bonds is 6. The lowest BCUT2D eigenvalue weighted by molar-refractivity contribution is -0.383. The van der Waals surface area contributed by atoms with Crippen LogP contribution >= 0.6 is 0 Å². The average Bonchev–Trinajstić information content (AvgIpc) is 2.52. The SMILES string of the molecule is COc1ccccc1Nc1ncnc(NNC(C)(C)C)c1[N+](=O)[O-]. The fraction of sp³-hybridized carbons (Fsp3) is 0.333. The standard InChI is InChI=1S/C15H20N6O3/c1-15(2,3)20-19-14-12(21(22)23)13(16-9-17-14)18-10-7-5-6-8-11(10)24-4/h5-9,20H,1-4H3,(H2,16,17,18,19). The van der Waals surface area contributed by atoms with Gasteiger partial charge in [0.15, 0.2) is 0 Å². The molecule has 3 N–H and O–H groups in total. The van der Waals surface area contributed by atoms with Gasteiger partial charge < -0.3 is 10.1 Å². The van der Waals surface area contributed by atoms with Crippen molar-refractivity contribution in [3.05, 3.63) is 40.7 Å². The minimum Gasteiger partial charge on any atom is -0.495 e. The maximum Gasteiger partial charge on any atom is 0.354 e. The Morgan fingerprint density at radius 2 is 1.83 bits per heavy atom. The van der Waals surface area contributed by atoms with Crippen molar-refractivity contribution in [2.75, 3.05) is 17.9 Å². The molecule has 9 nitrogen and oxygen atoms in total. The van der Waals surface area contributed by atoms with Crippen LogP contribution in [0.15, 0.2) is 30.6 Å². The Morgan fingerprint density at radius 1 is 1.17 bits per heavy atom. The molecule has 128 valence electrons. The summed E-state index contributed by atoms with van der Waals surface area (Å²) in [5.74, 6) is 0.688. The topological polar surface area (TPSA) is 114 Å². The zero-order valence-electron chi connectivity index (χ0n) is 14.0. The largest absolute Gasteiger partial charge is 0.495 e. The van der Waals surface area contributed by atoms with E-state index in [-0.39, 0.29) is 22.9 Å². The molecule has 0 amide bonds. The highest BCUT2D eigenvalue weighted by Crippen LogP contribution is 2.33. The summed E-state index contributed by atoms with van der Waals surface area (Å²) in [5, 5.41) is 14.4. The molecule has 9 heteroatoms. The highest BCUT2D eigenvalue weighted by molar-refractivity contribution is 5.75. The van der Waals surface area contributed by atoms with Gasteiger partial charge in [-0.2, -0.15) is 0 Å². The quantitative estimate of drug-likeness (QED) is 0.546. The van der Waals surface area contributed by atoms with E-state index in [4.69, 9.17) is 4.74 Å². The van der Waals surface area contributed by atoms with Gasteiger partial charge in [0.2, 0.25) is 11.6 Å². The van der Waals surface area contributed by atoms with Gasteiger partial charge in [0, 0.05) is 5.54 Å². The van der Waals surface area contributed by atoms with Crippen LogP contribution < -0.4 is 20.9 Å². The number of aromatic nitrogens is 2. The van der Waals surface area contributed by atoms with Crippen molar-refractivity contribution < 1.29 is 9.66 Å². The predicted molar refractivity (Wildman–Crippen MR) is 91.5 cm³/mol. The number of para-hydroxylation sites is 2. The molecule has 0 saturated carbocycles. The highest BCUT2D eigenvalue weighted by Gasteiger charge is 2.24. The highest BCUT2D eigenvalue weighted by atomic mass is 16.6. The summed E-state index contributed by atoms with van der Waals surface area (Å²) in [6.45, 7) is 5.75. The summed E-state index contributed by atoms with van der Waals surface area (Å²) in [6, 6.07) is 7.08. The Labute approximate surface area is 139 Å². The molecule has 2 aromatic rings. The molecule has 0 spiro atoms. The Hall–Kier alpha value is -2.94. The normalized spacial score (nSPS) is 11.0. The molecule has 0 aliphatic carbocycles. The van der Waals surface area contributed by atoms with Gasteiger partial charge >= 0.3 is 5.69 Å². The monoisotopic (exact) mass is 332 g/mol. The lowest BCUT2D eigenvalue weighted by atomic mass is 10.1. The van der Waals surface area contributed by atoms with Crippen molar-refractivity contribution >= 4 is 23.0 Å². The first-order valence-electron chi connectivity index (χ1n) is 7.24. The molecular weight excluding hydrogens is 312 g/mol. The number of hydrazine groups is 1. The van der Waals surface area contributed by atoms with E-state index in [1.54, 1.807) is 24.3 Å². The second-order valence-electron chi connectivity index (χ2n) is 6.00. The molecule has 1 aromatic heterocycles. The summed E-state index contributed by atoms with van der Waals surface area (Å²) in [7, 11) is 1.52. The van der Waals surface area contributed by atoms with Gasteiger partial charge in [-0.3, -0.25) is 15.5 Å². The third kappa shape index (κ3) is 4.29. The van der Waals surface area contributed by atoms with Crippen molar-refractivity contribution in [2.45, 2.75) is 26.3 Å². The van der Waals surface area contributed by atoms with Crippen LogP contribution in [0.4, 0.5) is 23.0 Å². The smallest absolute Gasteiger partial charge is 0.354 e. The molecule has 0 unspecified atom stereocenters. The number of ether oxygens (including phenoxy) is 1. The number of nitrogens with one attached hydrogen (secondary N) is 3. The molecule has 1 heterocycles. The summed E-state index contributed by atoms with van der Waals surface area (Å²) < 4.78 is 5.24. The van der Waals surface area contributed by atoms with Gasteiger partial charge in [0.1, 0.15) is 12.1 Å². The molecule has 24 heavy (non-hydrogen) atoms. The number of nitrogens with zero attached hydrogens (tertiary/aromatic N) is 3. The molecule has 0 saturated heterocycles. The maximum absolute atomic E-state index is 11.5. The van der Waals surface area contributed by atoms with E-state index in [0.717, 1.165) is 0 Å². The predicted octanol–water partition coefficient (Wildman–Crippen LogP) is 2.85. The van der Waals surface area contributed by atoms with Crippen LogP contribution in [-0.2, 0) is 0 Å². The summed E-state index contributed by atoms with van der Waals surface area (Å²) >= 11 is 0. The molecule has 0 aliphatic rings. The Balaban J connectivity index is 2.37. The number of hydrogen-bond acceptors (Lipinski definition) is 8. The van der Waals surface area contributed by atoms with Crippen molar-refractivity contribution in [1.29, 1.82) is 0 Å². The first-order valence-corrected chi connectivity index (χ1v) is 7.24. The zero-order valence-corrected chi connectivity index (χ0v) is 14.0. The third-order valence-corrected chi connectivity index (χ3v) is 2.92. The van der Waals surface area contributed by atoms with E-state index >= 15 is 0 Å². The first kappa shape index (κ1) is 17.4. The van der Waals surface area contributed by atoms with Gasteiger partial charge in [0.25, 0.3) is 0 Å². The van der Waals surface area contributed by atoms with Crippen molar-refractivity contribution in [3.63, 3.8) is 0 Å². The van der Waals surface area contributed by atoms with Crippen molar-refractivity contribution in [1.82, 2.24) is 15.4 Å². The molecule has 0 atom stereocenters. The van der Waals surface area contributed by atoms with Crippen LogP contribution in [0.5, 0.6) is 5.75 Å². The van der Waals surface area contributed by atoms with Gasteiger partial charge in [-0.15, -0.1) is 0 Å². The second-order valence-corrected chi connectivity index (χ2v) is 6.00. The molecule has 2 rings (SSSR count). The van der Waals surface area contributed by atoms with Crippen LogP contribution in [0.3, 0.4) is 0 Å². The Morgan fingerprint density at radius 3 is 2.46 bits per heavy atom. The Bertz CT molecular complexity index is 729. The number of methoxy groups -OCH3 is 1. The third-order valence-electron chi connectivity index (χ3n) is 2.92. The number of nitro groups is 1. The fourth-order valence-electron chi connectivity index (χ4n) is 1.86. The van der Waals surface area contributed by atoms with E-state index < -0.39 is 4.92 Å². The van der Waals surface area contributed by atoms with Gasteiger partial charge in [0.05, 0.1) is 17.7 Å². The minimum absolute atomic E-state index is 0.0673. The number of benzene rings is 1. The van der Waals surface area contributed by atoms with E-state index in [1.165, 1.54) is 13.4 Å². The van der Waals surface area contributed by atoms with Crippen LogP contribution in [0.2, 0.25) is 0 Å². The first-order chi connectivity index (χ1) is 11.3. The van der Waals surface area contributed by atoms with Gasteiger partial charge in [-0.25, -0.2) is 15.4 Å². The van der Waals surface area contributed by atoms with E-state index in [1.807, 2.05) is 20.8 Å². The molecular formula is C15H20N6O3. The van der Waals surface area contributed by atoms with Crippen LogP contribution in [0.1, 0.15) is 20.8 Å². The molecule has 0 fully saturated rings. The maximum atomic E-state index is 11.5. The minimum atomic E-state index is -0.537. The molecule has 0 bridgehead atoms. The number of anilines is 3. The number of hydrogen-bond donors (Lipinski definition) is 3. The van der Waals surface area contributed by atoms with E-state index in [9.17, 15) is 10.1 Å². The van der Waals surface area contributed by atoms with Crippen LogP contribution in [0.25, 0.3) is 0 Å². The lowest BCUT2D eigenvalue weighted by Gasteiger charge is -2.21. The van der Waals surface area contributed by atoms with Crippen LogP contribution in [0, 0.1) is 10.1 Å². The van der Waals surface area contributed by atoms with Crippen molar-refractivity contribution in [2.24, 2.45) is 0 Å². The molecule has 0 aliphatic heterocycles. The zero-order chi connectivity index (χ0) is 17.7. The molecule has 1 aromatic carbocycles. The fourth-order valence-corrected chi connectivity index (χ4v) is 1.86. The Kier molecular flexibility index (Phi) is 5.14. The lowest BCUT2D eigenvalue weighted by Crippen LogP contribution is -2.40.